The van der Waals surface area contributed by atoms with Gasteiger partial charge in [0.2, 0.25) is 0 Å². The summed E-state index contributed by atoms with van der Waals surface area (Å²) in [6.45, 7) is 0. The molecule has 0 amide bonds. The predicted molar refractivity (Wildman–Crippen MR) is 68.9 cm³/mol. The molecule has 4 aliphatic carbocycles. The smallest absolute Gasteiger partial charge is 0.165 e. The molecule has 0 heterocycles. The minimum Gasteiger partial charge on any atom is -0.385 e. The van der Waals surface area contributed by atoms with Gasteiger partial charge >= 0.3 is 0 Å². The first-order chi connectivity index (χ1) is 8.69. The molecule has 0 aromatic heterocycles. The Kier molecular flexibility index (Phi) is 2.30. The zero-order valence-electron chi connectivity index (χ0n) is 10.9. The van der Waals surface area contributed by atoms with E-state index < -0.39 is 5.60 Å². The van der Waals surface area contributed by atoms with Gasteiger partial charge in [0.15, 0.2) is 5.78 Å². The first kappa shape index (κ1) is 11.2. The van der Waals surface area contributed by atoms with Crippen LogP contribution in [0.25, 0.3) is 0 Å². The summed E-state index contributed by atoms with van der Waals surface area (Å²) < 4.78 is 0. The van der Waals surface area contributed by atoms with Crippen molar-refractivity contribution >= 4 is 5.78 Å². The van der Waals surface area contributed by atoms with E-state index in [-0.39, 0.29) is 5.92 Å². The summed E-state index contributed by atoms with van der Waals surface area (Å²) in [7, 11) is 0. The van der Waals surface area contributed by atoms with E-state index in [1.165, 1.54) is 25.7 Å². The molecule has 4 aliphatic rings. The Morgan fingerprint density at radius 1 is 1.11 bits per heavy atom. The lowest BCUT2D eigenvalue weighted by molar-refractivity contribution is -0.123. The third-order valence-corrected chi connectivity index (χ3v) is 6.09. The van der Waals surface area contributed by atoms with Gasteiger partial charge in [-0.15, -0.1) is 0 Å². The van der Waals surface area contributed by atoms with Crippen LogP contribution in [0.4, 0.5) is 0 Å². The Balaban J connectivity index is 1.66. The summed E-state index contributed by atoms with van der Waals surface area (Å²) in [4.78, 5) is 12.7. The number of hydrogen-bond acceptors (Lipinski definition) is 2. The van der Waals surface area contributed by atoms with Gasteiger partial charge in [0.05, 0.1) is 5.60 Å². The lowest BCUT2D eigenvalue weighted by atomic mass is 9.76. The van der Waals surface area contributed by atoms with Crippen LogP contribution in [0.1, 0.15) is 51.4 Å². The molecular formula is C16H22O2. The highest BCUT2D eigenvalue weighted by molar-refractivity contribution is 6.02. The molecule has 98 valence electrons. The number of aliphatic hydroxyl groups is 1. The number of Topliss-reactive ketones (excluding diaryl/α,β-unsaturated/α-hetero) is 1. The van der Waals surface area contributed by atoms with Crippen molar-refractivity contribution in [1.82, 2.24) is 0 Å². The van der Waals surface area contributed by atoms with E-state index >= 15 is 0 Å². The zero-order valence-corrected chi connectivity index (χ0v) is 10.9. The molecule has 0 aromatic rings. The van der Waals surface area contributed by atoms with E-state index in [9.17, 15) is 9.90 Å². The Labute approximate surface area is 108 Å². The molecule has 1 N–H and O–H groups in total. The van der Waals surface area contributed by atoms with Crippen LogP contribution >= 0.6 is 0 Å². The van der Waals surface area contributed by atoms with E-state index in [2.05, 4.69) is 6.08 Å². The molecule has 0 unspecified atom stereocenters. The van der Waals surface area contributed by atoms with Crippen LogP contribution in [0.5, 0.6) is 0 Å². The lowest BCUT2D eigenvalue weighted by Gasteiger charge is -2.33. The van der Waals surface area contributed by atoms with Gasteiger partial charge in [-0.3, -0.25) is 4.79 Å². The van der Waals surface area contributed by atoms with Gasteiger partial charge in [-0.2, -0.15) is 0 Å². The first-order valence-corrected chi connectivity index (χ1v) is 7.68. The molecule has 4 rings (SSSR count). The van der Waals surface area contributed by atoms with Crippen molar-refractivity contribution in [1.29, 1.82) is 0 Å². The monoisotopic (exact) mass is 246 g/mol. The highest BCUT2D eigenvalue weighted by atomic mass is 16.3. The highest BCUT2D eigenvalue weighted by Crippen LogP contribution is 2.58. The van der Waals surface area contributed by atoms with Crippen LogP contribution in [0, 0.1) is 23.7 Å². The molecule has 0 aliphatic heterocycles. The number of rotatable bonds is 1. The van der Waals surface area contributed by atoms with E-state index in [0.717, 1.165) is 37.2 Å². The number of hydrogen-bond donors (Lipinski definition) is 1. The van der Waals surface area contributed by atoms with Gasteiger partial charge in [0.25, 0.3) is 0 Å². The van der Waals surface area contributed by atoms with E-state index in [1.54, 1.807) is 0 Å². The maximum atomic E-state index is 12.7. The Morgan fingerprint density at radius 3 is 2.56 bits per heavy atom. The Hall–Kier alpha value is -0.630. The summed E-state index contributed by atoms with van der Waals surface area (Å²) >= 11 is 0. The Morgan fingerprint density at radius 2 is 1.83 bits per heavy atom. The Bertz CT molecular complexity index is 417. The second-order valence-electron chi connectivity index (χ2n) is 6.97. The molecule has 18 heavy (non-hydrogen) atoms. The van der Waals surface area contributed by atoms with Gasteiger partial charge in [-0.25, -0.2) is 0 Å². The molecule has 0 radical (unpaired) electrons. The van der Waals surface area contributed by atoms with Gasteiger partial charge in [-0.1, -0.05) is 25.3 Å². The largest absolute Gasteiger partial charge is 0.385 e. The maximum absolute atomic E-state index is 12.7. The average Bonchev–Trinajstić information content (AvgIpc) is 3.02. The van der Waals surface area contributed by atoms with Crippen molar-refractivity contribution in [3.8, 4) is 0 Å². The normalized spacial score (nSPS) is 45.2. The van der Waals surface area contributed by atoms with Crippen LogP contribution in [-0.4, -0.2) is 16.5 Å². The molecule has 2 nitrogen and oxygen atoms in total. The van der Waals surface area contributed by atoms with Crippen molar-refractivity contribution in [2.75, 3.05) is 0 Å². The molecule has 2 heteroatoms. The molecule has 4 atom stereocenters. The van der Waals surface area contributed by atoms with Crippen molar-refractivity contribution in [3.05, 3.63) is 11.6 Å². The average molecular weight is 246 g/mol. The third-order valence-electron chi connectivity index (χ3n) is 6.09. The number of carbonyl (C=O) groups is 1. The van der Waals surface area contributed by atoms with Crippen LogP contribution in [0.15, 0.2) is 11.6 Å². The third kappa shape index (κ3) is 1.36. The van der Waals surface area contributed by atoms with E-state index in [1.807, 2.05) is 0 Å². The van der Waals surface area contributed by atoms with E-state index in [0.29, 0.717) is 17.6 Å². The van der Waals surface area contributed by atoms with Crippen LogP contribution < -0.4 is 0 Å². The van der Waals surface area contributed by atoms with Crippen molar-refractivity contribution in [2.45, 2.75) is 57.0 Å². The zero-order chi connectivity index (χ0) is 12.3. The number of fused-ring (bicyclic) bond motifs is 5. The van der Waals surface area contributed by atoms with Crippen LogP contribution in [0.2, 0.25) is 0 Å². The number of carbonyl (C=O) groups excluding carboxylic acids is 1. The summed E-state index contributed by atoms with van der Waals surface area (Å²) in [6, 6.07) is 0. The van der Waals surface area contributed by atoms with E-state index in [4.69, 9.17) is 0 Å². The number of allylic oxidation sites excluding steroid dienone is 1. The first-order valence-electron chi connectivity index (χ1n) is 7.68. The summed E-state index contributed by atoms with van der Waals surface area (Å²) in [5.74, 6) is 2.43. The standard InChI is InChI=1S/C16H22O2/c17-15-13(16(18)6-2-1-3-7-16)9-12-10-4-5-11(8-10)14(12)15/h9-12,14,18H,1-8H2/t10-,11+,12+,14-/m0/s1. The second kappa shape index (κ2) is 3.69. The van der Waals surface area contributed by atoms with Crippen molar-refractivity contribution in [3.63, 3.8) is 0 Å². The molecule has 2 bridgehead atoms. The summed E-state index contributed by atoms with van der Waals surface area (Å²) in [5, 5.41) is 10.8. The highest BCUT2D eigenvalue weighted by Gasteiger charge is 2.56. The van der Waals surface area contributed by atoms with Gasteiger partial charge in [0.1, 0.15) is 0 Å². The molecular weight excluding hydrogens is 224 g/mol. The molecule has 0 aromatic carbocycles. The van der Waals surface area contributed by atoms with Crippen molar-refractivity contribution in [2.24, 2.45) is 23.7 Å². The SMILES string of the molecule is O=C1C(C2(O)CCCCC2)=C[C@@H]2[C@H]3CC[C@H](C3)[C@H]12. The predicted octanol–water partition coefficient (Wildman–Crippen LogP) is 2.85. The molecule has 3 saturated carbocycles. The van der Waals surface area contributed by atoms with Crippen molar-refractivity contribution < 1.29 is 9.90 Å². The fraction of sp³-hybridized carbons (Fsp3) is 0.812. The fourth-order valence-corrected chi connectivity index (χ4v) is 5.21. The second-order valence-corrected chi connectivity index (χ2v) is 6.97. The molecule has 0 spiro atoms. The van der Waals surface area contributed by atoms with Gasteiger partial charge in [0, 0.05) is 11.5 Å². The topological polar surface area (TPSA) is 37.3 Å². The van der Waals surface area contributed by atoms with Gasteiger partial charge in [-0.05, 0) is 49.9 Å². The molecule has 3 fully saturated rings. The maximum Gasteiger partial charge on any atom is 0.165 e. The van der Waals surface area contributed by atoms with Crippen LogP contribution in [-0.2, 0) is 4.79 Å². The number of ketones is 1. The lowest BCUT2D eigenvalue weighted by Crippen LogP contribution is -2.37. The quantitative estimate of drug-likeness (QED) is 0.772. The minimum absolute atomic E-state index is 0.254. The summed E-state index contributed by atoms with van der Waals surface area (Å²) in [5.41, 5.74) is 0.0489. The summed E-state index contributed by atoms with van der Waals surface area (Å²) in [6.07, 6.45) is 11.0. The molecule has 0 saturated heterocycles. The minimum atomic E-state index is -0.765. The van der Waals surface area contributed by atoms with Gasteiger partial charge < -0.3 is 5.11 Å². The van der Waals surface area contributed by atoms with Crippen LogP contribution in [0.3, 0.4) is 0 Å². The fourth-order valence-electron chi connectivity index (χ4n) is 5.21.